The molecular formula is C22H24N6O3S. The second-order valence-electron chi connectivity index (χ2n) is 7.34. The topological polar surface area (TPSA) is 111 Å². The van der Waals surface area contributed by atoms with Crippen LogP contribution in [0.2, 0.25) is 0 Å². The van der Waals surface area contributed by atoms with Gasteiger partial charge in [0.1, 0.15) is 0 Å². The Bertz CT molecular complexity index is 1040. The number of rotatable bonds is 8. The van der Waals surface area contributed by atoms with E-state index in [2.05, 4.69) is 26.0 Å². The predicted molar refractivity (Wildman–Crippen MR) is 119 cm³/mol. The van der Waals surface area contributed by atoms with E-state index >= 15 is 0 Å². The number of pyridine rings is 1. The maximum atomic E-state index is 12.3. The first kappa shape index (κ1) is 22.0. The van der Waals surface area contributed by atoms with E-state index in [0.29, 0.717) is 17.5 Å². The molecule has 0 radical (unpaired) electrons. The summed E-state index contributed by atoms with van der Waals surface area (Å²) in [5.41, 5.74) is 6.68. The molecule has 2 aromatic heterocycles. The Morgan fingerprint density at radius 1 is 1.06 bits per heavy atom. The molecule has 2 N–H and O–H groups in total. The Kier molecular flexibility index (Phi) is 7.47. The third kappa shape index (κ3) is 5.92. The van der Waals surface area contributed by atoms with Crippen molar-refractivity contribution in [1.82, 2.24) is 30.6 Å². The van der Waals surface area contributed by atoms with Crippen molar-refractivity contribution in [3.63, 3.8) is 0 Å². The molecule has 4 rings (SSSR count). The number of aromatic nitrogens is 4. The van der Waals surface area contributed by atoms with Gasteiger partial charge in [0.15, 0.2) is 11.0 Å². The zero-order valence-electron chi connectivity index (χ0n) is 17.4. The largest absolute Gasteiger partial charge is 0.376 e. The second-order valence-corrected chi connectivity index (χ2v) is 8.28. The average Bonchev–Trinajstić information content (AvgIpc) is 3.48. The van der Waals surface area contributed by atoms with Crippen LogP contribution in [-0.2, 0) is 27.3 Å². The van der Waals surface area contributed by atoms with E-state index in [-0.39, 0.29) is 30.1 Å². The van der Waals surface area contributed by atoms with Crippen molar-refractivity contribution in [3.05, 3.63) is 60.4 Å². The van der Waals surface area contributed by atoms with Crippen LogP contribution < -0.4 is 10.9 Å². The highest BCUT2D eigenvalue weighted by Crippen LogP contribution is 2.26. The van der Waals surface area contributed by atoms with Gasteiger partial charge in [0.2, 0.25) is 11.8 Å². The van der Waals surface area contributed by atoms with Gasteiger partial charge in [0.05, 0.1) is 24.8 Å². The summed E-state index contributed by atoms with van der Waals surface area (Å²) in [5, 5.41) is 9.25. The molecule has 0 aliphatic carbocycles. The van der Waals surface area contributed by atoms with Crippen LogP contribution in [0.5, 0.6) is 0 Å². The van der Waals surface area contributed by atoms with Gasteiger partial charge in [-0.05, 0) is 30.5 Å². The van der Waals surface area contributed by atoms with Gasteiger partial charge in [-0.25, -0.2) is 0 Å². The summed E-state index contributed by atoms with van der Waals surface area (Å²) in [6.45, 7) is 1.37. The van der Waals surface area contributed by atoms with E-state index in [0.717, 1.165) is 30.6 Å². The SMILES string of the molecule is O=C(CSc1nnc(-c2ccncc2)n1CC1CCCO1)NNC(=O)Cc1ccccc1. The van der Waals surface area contributed by atoms with Crippen molar-refractivity contribution in [2.75, 3.05) is 12.4 Å². The number of thioether (sulfide) groups is 1. The Balaban J connectivity index is 1.35. The maximum Gasteiger partial charge on any atom is 0.248 e. The van der Waals surface area contributed by atoms with Crippen molar-refractivity contribution in [2.24, 2.45) is 0 Å². The molecule has 3 heterocycles. The zero-order valence-corrected chi connectivity index (χ0v) is 18.3. The fourth-order valence-electron chi connectivity index (χ4n) is 3.40. The first-order valence-electron chi connectivity index (χ1n) is 10.4. The average molecular weight is 453 g/mol. The van der Waals surface area contributed by atoms with E-state index in [1.54, 1.807) is 12.4 Å². The van der Waals surface area contributed by atoms with E-state index < -0.39 is 0 Å². The second kappa shape index (κ2) is 10.9. The lowest BCUT2D eigenvalue weighted by molar-refractivity contribution is -0.127. The monoisotopic (exact) mass is 452 g/mol. The van der Waals surface area contributed by atoms with Gasteiger partial charge in [0, 0.05) is 24.6 Å². The molecule has 166 valence electrons. The first-order valence-corrected chi connectivity index (χ1v) is 11.4. The Morgan fingerprint density at radius 3 is 2.59 bits per heavy atom. The fourth-order valence-corrected chi connectivity index (χ4v) is 4.15. The van der Waals surface area contributed by atoms with Gasteiger partial charge in [-0.1, -0.05) is 42.1 Å². The van der Waals surface area contributed by atoms with E-state index in [1.165, 1.54) is 11.8 Å². The van der Waals surface area contributed by atoms with E-state index in [4.69, 9.17) is 4.74 Å². The number of benzene rings is 1. The first-order chi connectivity index (χ1) is 15.7. The molecule has 1 saturated heterocycles. The van der Waals surface area contributed by atoms with Crippen LogP contribution >= 0.6 is 11.8 Å². The van der Waals surface area contributed by atoms with E-state index in [1.807, 2.05) is 47.0 Å². The van der Waals surface area contributed by atoms with Crippen molar-refractivity contribution < 1.29 is 14.3 Å². The predicted octanol–water partition coefficient (Wildman–Crippen LogP) is 2.00. The minimum absolute atomic E-state index is 0.0889. The van der Waals surface area contributed by atoms with Crippen LogP contribution in [0.1, 0.15) is 18.4 Å². The summed E-state index contributed by atoms with van der Waals surface area (Å²) in [5.74, 6) is 0.192. The number of carbonyl (C=O) groups is 2. The molecule has 10 heteroatoms. The third-order valence-electron chi connectivity index (χ3n) is 4.95. The quantitative estimate of drug-likeness (QED) is 0.397. The van der Waals surface area contributed by atoms with Gasteiger partial charge in [0.25, 0.3) is 0 Å². The van der Waals surface area contributed by atoms with Crippen LogP contribution in [0.3, 0.4) is 0 Å². The molecule has 9 nitrogen and oxygen atoms in total. The lowest BCUT2D eigenvalue weighted by atomic mass is 10.1. The molecule has 1 aliphatic heterocycles. The number of hydrazine groups is 1. The number of nitrogens with zero attached hydrogens (tertiary/aromatic N) is 4. The van der Waals surface area contributed by atoms with Gasteiger partial charge in [-0.15, -0.1) is 10.2 Å². The Morgan fingerprint density at radius 2 is 1.84 bits per heavy atom. The number of hydrogen-bond acceptors (Lipinski definition) is 7. The smallest absolute Gasteiger partial charge is 0.248 e. The summed E-state index contributed by atoms with van der Waals surface area (Å²) >= 11 is 1.26. The van der Waals surface area contributed by atoms with Crippen LogP contribution in [0.15, 0.2) is 60.0 Å². The number of nitrogens with one attached hydrogen (secondary N) is 2. The highest BCUT2D eigenvalue weighted by Gasteiger charge is 2.22. The van der Waals surface area contributed by atoms with Gasteiger partial charge in [-0.3, -0.25) is 30.0 Å². The molecule has 0 saturated carbocycles. The van der Waals surface area contributed by atoms with Crippen molar-refractivity contribution >= 4 is 23.6 Å². The number of carbonyl (C=O) groups excluding carboxylic acids is 2. The summed E-state index contributed by atoms with van der Waals surface area (Å²) in [7, 11) is 0. The lowest BCUT2D eigenvalue weighted by Crippen LogP contribution is -2.43. The number of amides is 2. The number of ether oxygens (including phenoxy) is 1. The Labute approximate surface area is 190 Å². The highest BCUT2D eigenvalue weighted by atomic mass is 32.2. The van der Waals surface area contributed by atoms with Crippen molar-refractivity contribution in [3.8, 4) is 11.4 Å². The number of hydrogen-bond donors (Lipinski definition) is 2. The highest BCUT2D eigenvalue weighted by molar-refractivity contribution is 7.99. The normalized spacial score (nSPS) is 15.4. The van der Waals surface area contributed by atoms with Crippen molar-refractivity contribution in [2.45, 2.75) is 37.1 Å². The minimum Gasteiger partial charge on any atom is -0.376 e. The van der Waals surface area contributed by atoms with Crippen LogP contribution in [0.4, 0.5) is 0 Å². The van der Waals surface area contributed by atoms with Gasteiger partial charge < -0.3 is 4.74 Å². The maximum absolute atomic E-state index is 12.3. The molecule has 1 atom stereocenters. The van der Waals surface area contributed by atoms with Gasteiger partial charge in [-0.2, -0.15) is 0 Å². The molecule has 0 bridgehead atoms. The zero-order chi connectivity index (χ0) is 22.2. The fraction of sp³-hybridized carbons (Fsp3) is 0.318. The molecule has 1 fully saturated rings. The molecule has 3 aromatic rings. The minimum atomic E-state index is -0.325. The molecule has 1 aromatic carbocycles. The molecule has 32 heavy (non-hydrogen) atoms. The summed E-state index contributed by atoms with van der Waals surface area (Å²) < 4.78 is 7.77. The molecule has 1 unspecified atom stereocenters. The lowest BCUT2D eigenvalue weighted by Gasteiger charge is -2.14. The molecule has 1 aliphatic rings. The Hall–Kier alpha value is -3.24. The summed E-state index contributed by atoms with van der Waals surface area (Å²) in [4.78, 5) is 28.3. The van der Waals surface area contributed by atoms with Gasteiger partial charge >= 0.3 is 0 Å². The molecule has 2 amide bonds. The van der Waals surface area contributed by atoms with Crippen LogP contribution in [-0.4, -0.2) is 50.0 Å². The third-order valence-corrected chi connectivity index (χ3v) is 5.91. The standard InChI is InChI=1S/C22H24N6O3S/c29-19(13-16-5-2-1-3-6-16)24-25-20(30)15-32-22-27-26-21(17-8-10-23-11-9-17)28(22)14-18-7-4-12-31-18/h1-3,5-6,8-11,18H,4,7,12-15H2,(H,24,29)(H,25,30). The molecular weight excluding hydrogens is 428 g/mol. The van der Waals surface area contributed by atoms with Crippen LogP contribution in [0, 0.1) is 0 Å². The van der Waals surface area contributed by atoms with Crippen molar-refractivity contribution in [1.29, 1.82) is 0 Å². The van der Waals surface area contributed by atoms with Crippen LogP contribution in [0.25, 0.3) is 11.4 Å². The van der Waals surface area contributed by atoms with E-state index in [9.17, 15) is 9.59 Å². The summed E-state index contributed by atoms with van der Waals surface area (Å²) in [6.07, 6.45) is 5.71. The molecule has 0 spiro atoms. The summed E-state index contributed by atoms with van der Waals surface area (Å²) in [6, 6.07) is 13.1.